The quantitative estimate of drug-likeness (QED) is 0.461. The van der Waals surface area contributed by atoms with Crippen LogP contribution in [0.5, 0.6) is 0 Å². The van der Waals surface area contributed by atoms with E-state index in [-0.39, 0.29) is 12.5 Å². The standard InChI is InChI=1S/C23H17N3O3S/c27-21(14-26-18-6-2-3-7-19(18)29-23(26)28)24-16-11-9-15(10-12-16)13-22-25-17-5-1-4-8-20(17)30-22/h1-12H,13-14H2,(H,24,27). The van der Waals surface area contributed by atoms with Crippen LogP contribution in [0.15, 0.2) is 82.0 Å². The second-order valence-corrected chi connectivity index (χ2v) is 8.03. The lowest BCUT2D eigenvalue weighted by molar-refractivity contribution is -0.116. The van der Waals surface area contributed by atoms with Gasteiger partial charge in [-0.05, 0) is 42.0 Å². The predicted octanol–water partition coefficient (Wildman–Crippen LogP) is 4.43. The molecular weight excluding hydrogens is 398 g/mol. The summed E-state index contributed by atoms with van der Waals surface area (Å²) in [7, 11) is 0. The molecule has 5 rings (SSSR count). The predicted molar refractivity (Wildman–Crippen MR) is 118 cm³/mol. The number of hydrogen-bond acceptors (Lipinski definition) is 5. The minimum Gasteiger partial charge on any atom is -0.408 e. The van der Waals surface area contributed by atoms with Crippen molar-refractivity contribution < 1.29 is 9.21 Å². The third-order valence-corrected chi connectivity index (χ3v) is 5.84. The molecule has 5 aromatic rings. The van der Waals surface area contributed by atoms with Gasteiger partial charge in [0.05, 0.1) is 20.7 Å². The summed E-state index contributed by atoms with van der Waals surface area (Å²) in [5.41, 5.74) is 3.87. The molecule has 0 radical (unpaired) electrons. The summed E-state index contributed by atoms with van der Waals surface area (Å²) >= 11 is 1.69. The molecule has 1 amide bonds. The Balaban J connectivity index is 1.27. The first-order chi connectivity index (χ1) is 14.7. The number of rotatable bonds is 5. The van der Waals surface area contributed by atoms with Crippen molar-refractivity contribution in [3.8, 4) is 0 Å². The molecule has 0 aliphatic rings. The van der Waals surface area contributed by atoms with Gasteiger partial charge in [0.1, 0.15) is 6.54 Å². The maximum atomic E-state index is 12.4. The Morgan fingerprint density at radius 3 is 2.60 bits per heavy atom. The molecule has 0 spiro atoms. The average Bonchev–Trinajstić information content (AvgIpc) is 3.29. The number of anilines is 1. The Kier molecular flexibility index (Phi) is 4.65. The summed E-state index contributed by atoms with van der Waals surface area (Å²) in [5, 5.41) is 3.89. The Morgan fingerprint density at radius 2 is 1.77 bits per heavy atom. The molecule has 0 aliphatic carbocycles. The molecule has 1 N–H and O–H groups in total. The number of fused-ring (bicyclic) bond motifs is 2. The van der Waals surface area contributed by atoms with Crippen LogP contribution in [0.3, 0.4) is 0 Å². The van der Waals surface area contributed by atoms with E-state index in [1.165, 1.54) is 9.27 Å². The van der Waals surface area contributed by atoms with Crippen LogP contribution in [-0.2, 0) is 17.8 Å². The van der Waals surface area contributed by atoms with Crippen LogP contribution in [0.2, 0.25) is 0 Å². The lowest BCUT2D eigenvalue weighted by Gasteiger charge is -2.07. The highest BCUT2D eigenvalue weighted by Gasteiger charge is 2.12. The van der Waals surface area contributed by atoms with E-state index < -0.39 is 5.76 Å². The number of thiazole rings is 1. The van der Waals surface area contributed by atoms with Gasteiger partial charge in [0.15, 0.2) is 5.58 Å². The van der Waals surface area contributed by atoms with Gasteiger partial charge in [0, 0.05) is 12.1 Å². The van der Waals surface area contributed by atoms with Gasteiger partial charge < -0.3 is 9.73 Å². The largest absolute Gasteiger partial charge is 0.420 e. The minimum atomic E-state index is -0.544. The number of oxazole rings is 1. The number of carbonyl (C=O) groups is 1. The van der Waals surface area contributed by atoms with E-state index in [9.17, 15) is 9.59 Å². The summed E-state index contributed by atoms with van der Waals surface area (Å²) in [5.74, 6) is -0.833. The summed E-state index contributed by atoms with van der Waals surface area (Å²) in [6.07, 6.45) is 0.740. The number of carbonyl (C=O) groups excluding carboxylic acids is 1. The topological polar surface area (TPSA) is 77.1 Å². The Labute approximate surface area is 175 Å². The zero-order valence-electron chi connectivity index (χ0n) is 15.9. The molecule has 6 nitrogen and oxygen atoms in total. The minimum absolute atomic E-state index is 0.108. The van der Waals surface area contributed by atoms with Crippen LogP contribution in [0.1, 0.15) is 10.6 Å². The smallest absolute Gasteiger partial charge is 0.408 e. The molecule has 0 aliphatic heterocycles. The first kappa shape index (κ1) is 18.3. The third kappa shape index (κ3) is 3.62. The van der Waals surface area contributed by atoms with E-state index >= 15 is 0 Å². The van der Waals surface area contributed by atoms with E-state index in [0.717, 1.165) is 22.5 Å². The van der Waals surface area contributed by atoms with Gasteiger partial charge in [-0.2, -0.15) is 0 Å². The number of amides is 1. The number of para-hydroxylation sites is 3. The van der Waals surface area contributed by atoms with E-state index in [4.69, 9.17) is 4.42 Å². The van der Waals surface area contributed by atoms with Gasteiger partial charge in [-0.3, -0.25) is 9.36 Å². The summed E-state index contributed by atoms with van der Waals surface area (Å²) in [6, 6.07) is 22.8. The maximum Gasteiger partial charge on any atom is 0.420 e. The van der Waals surface area contributed by atoms with Crippen molar-refractivity contribution in [3.63, 3.8) is 0 Å². The van der Waals surface area contributed by atoms with E-state index in [0.29, 0.717) is 16.8 Å². The third-order valence-electron chi connectivity index (χ3n) is 4.81. The lowest BCUT2D eigenvalue weighted by atomic mass is 10.1. The fourth-order valence-electron chi connectivity index (χ4n) is 3.38. The van der Waals surface area contributed by atoms with Gasteiger partial charge in [-0.1, -0.05) is 36.4 Å². The first-order valence-electron chi connectivity index (χ1n) is 9.47. The van der Waals surface area contributed by atoms with Crippen LogP contribution in [0, 0.1) is 0 Å². The number of hydrogen-bond donors (Lipinski definition) is 1. The molecule has 0 saturated heterocycles. The van der Waals surface area contributed by atoms with Gasteiger partial charge in [0.2, 0.25) is 5.91 Å². The van der Waals surface area contributed by atoms with E-state index in [1.54, 1.807) is 35.6 Å². The van der Waals surface area contributed by atoms with Gasteiger partial charge in [-0.25, -0.2) is 9.78 Å². The zero-order chi connectivity index (χ0) is 20.5. The molecule has 148 valence electrons. The number of benzene rings is 3. The maximum absolute atomic E-state index is 12.4. The number of nitrogens with one attached hydrogen (secondary N) is 1. The van der Waals surface area contributed by atoms with Gasteiger partial charge in [0.25, 0.3) is 0 Å². The fourth-order valence-corrected chi connectivity index (χ4v) is 4.39. The van der Waals surface area contributed by atoms with Crippen molar-refractivity contribution in [1.29, 1.82) is 0 Å². The summed E-state index contributed by atoms with van der Waals surface area (Å²) in [4.78, 5) is 29.1. The van der Waals surface area contributed by atoms with Crippen LogP contribution < -0.4 is 11.1 Å². The van der Waals surface area contributed by atoms with E-state index in [2.05, 4.69) is 16.4 Å². The van der Waals surface area contributed by atoms with Gasteiger partial charge >= 0.3 is 5.76 Å². The normalized spacial score (nSPS) is 11.2. The van der Waals surface area contributed by atoms with Crippen molar-refractivity contribution in [2.45, 2.75) is 13.0 Å². The molecule has 0 saturated carbocycles. The summed E-state index contributed by atoms with van der Waals surface area (Å²) in [6.45, 7) is -0.108. The molecule has 3 aromatic carbocycles. The molecule has 0 bridgehead atoms. The molecule has 0 fully saturated rings. The van der Waals surface area contributed by atoms with Crippen molar-refractivity contribution >= 4 is 44.2 Å². The highest BCUT2D eigenvalue weighted by Crippen LogP contribution is 2.24. The first-order valence-corrected chi connectivity index (χ1v) is 10.3. The Morgan fingerprint density at radius 1 is 1.00 bits per heavy atom. The lowest BCUT2D eigenvalue weighted by Crippen LogP contribution is -2.24. The Hall–Kier alpha value is -3.71. The summed E-state index contributed by atoms with van der Waals surface area (Å²) < 4.78 is 7.67. The second kappa shape index (κ2) is 7.61. The van der Waals surface area contributed by atoms with Crippen LogP contribution >= 0.6 is 11.3 Å². The van der Waals surface area contributed by atoms with Crippen LogP contribution in [0.25, 0.3) is 21.3 Å². The van der Waals surface area contributed by atoms with Crippen molar-refractivity contribution in [1.82, 2.24) is 9.55 Å². The number of aromatic nitrogens is 2. The van der Waals surface area contributed by atoms with Crippen LogP contribution in [-0.4, -0.2) is 15.5 Å². The molecule has 30 heavy (non-hydrogen) atoms. The monoisotopic (exact) mass is 415 g/mol. The second-order valence-electron chi connectivity index (χ2n) is 6.92. The van der Waals surface area contributed by atoms with Gasteiger partial charge in [-0.15, -0.1) is 11.3 Å². The van der Waals surface area contributed by atoms with Crippen molar-refractivity contribution in [3.05, 3.63) is 93.9 Å². The SMILES string of the molecule is O=C(Cn1c(=O)oc2ccccc21)Nc1ccc(Cc2nc3ccccc3s2)cc1. The molecule has 7 heteroatoms. The number of nitrogens with zero attached hydrogens (tertiary/aromatic N) is 2. The molecule has 0 atom stereocenters. The molecular formula is C23H17N3O3S. The van der Waals surface area contributed by atoms with Crippen molar-refractivity contribution in [2.24, 2.45) is 0 Å². The van der Waals surface area contributed by atoms with Crippen molar-refractivity contribution in [2.75, 3.05) is 5.32 Å². The molecule has 2 heterocycles. The highest BCUT2D eigenvalue weighted by atomic mass is 32.1. The Bertz CT molecular complexity index is 1380. The highest BCUT2D eigenvalue weighted by molar-refractivity contribution is 7.18. The zero-order valence-corrected chi connectivity index (χ0v) is 16.7. The fraction of sp³-hybridized carbons (Fsp3) is 0.0870. The van der Waals surface area contributed by atoms with E-state index in [1.807, 2.05) is 42.5 Å². The molecule has 2 aromatic heterocycles. The average molecular weight is 415 g/mol. The van der Waals surface area contributed by atoms with Crippen LogP contribution in [0.4, 0.5) is 5.69 Å². The molecule has 0 unspecified atom stereocenters.